The van der Waals surface area contributed by atoms with Gasteiger partial charge in [0.05, 0.1) is 13.7 Å². The maximum atomic E-state index is 5.42. The Morgan fingerprint density at radius 1 is 1.00 bits per heavy atom. The van der Waals surface area contributed by atoms with Crippen LogP contribution in [0.3, 0.4) is 0 Å². The summed E-state index contributed by atoms with van der Waals surface area (Å²) in [5.74, 6) is 1.58. The highest BCUT2D eigenvalue weighted by molar-refractivity contribution is 7.97. The summed E-state index contributed by atoms with van der Waals surface area (Å²) in [5, 5.41) is 2.45. The van der Waals surface area contributed by atoms with Gasteiger partial charge < -0.3 is 9.47 Å². The van der Waals surface area contributed by atoms with Crippen molar-refractivity contribution in [2.24, 2.45) is 5.92 Å². The number of likely N-dealkylation sites (tertiary alicyclic amines) is 1. The van der Waals surface area contributed by atoms with Crippen LogP contribution in [0.5, 0.6) is 5.75 Å². The van der Waals surface area contributed by atoms with E-state index in [2.05, 4.69) is 69.9 Å². The molecule has 4 rings (SSSR count). The highest BCUT2D eigenvalue weighted by Crippen LogP contribution is 2.30. The molecule has 1 saturated heterocycles. The number of ether oxygens (including phenoxy) is 2. The van der Waals surface area contributed by atoms with Crippen molar-refractivity contribution in [3.05, 3.63) is 72.3 Å². The summed E-state index contributed by atoms with van der Waals surface area (Å²) in [6, 6.07) is 23.8. The van der Waals surface area contributed by atoms with Gasteiger partial charge in [0.25, 0.3) is 0 Å². The number of hydrogen-bond donors (Lipinski definition) is 0. The summed E-state index contributed by atoms with van der Waals surface area (Å²) in [7, 11) is 3.50. The molecule has 4 nitrogen and oxygen atoms in total. The van der Waals surface area contributed by atoms with Crippen molar-refractivity contribution < 1.29 is 9.47 Å². The number of methoxy groups -OCH3 is 2. The molecule has 170 valence electrons. The van der Waals surface area contributed by atoms with Crippen LogP contribution in [0.15, 0.2) is 71.6 Å². The second-order valence-corrected chi connectivity index (χ2v) is 9.75. The van der Waals surface area contributed by atoms with E-state index in [-0.39, 0.29) is 0 Å². The van der Waals surface area contributed by atoms with Crippen LogP contribution in [0, 0.1) is 5.92 Å². The minimum atomic E-state index is 0.678. The fourth-order valence-corrected chi connectivity index (χ4v) is 5.53. The molecular weight excluding hydrogens is 416 g/mol. The molecule has 0 radical (unpaired) electrons. The minimum Gasteiger partial charge on any atom is -0.497 e. The van der Waals surface area contributed by atoms with Gasteiger partial charge in [-0.3, -0.25) is 4.90 Å². The standard InChI is InChI=1S/C27H34N2O2S/c1-30-16-15-29(32-27-13-11-24-10-12-26(31-2)17-25(24)18-27)21-23-9-6-14-28(20-23)19-22-7-4-3-5-8-22/h3-5,7-8,10-13,17-18,23H,6,9,14-16,19-21H2,1-2H3. The van der Waals surface area contributed by atoms with Crippen molar-refractivity contribution >= 4 is 22.7 Å². The lowest BCUT2D eigenvalue weighted by Crippen LogP contribution is -2.39. The summed E-state index contributed by atoms with van der Waals surface area (Å²) in [6.45, 7) is 6.16. The van der Waals surface area contributed by atoms with Crippen LogP contribution in [0.25, 0.3) is 10.8 Å². The van der Waals surface area contributed by atoms with E-state index in [9.17, 15) is 0 Å². The molecule has 0 saturated carbocycles. The van der Waals surface area contributed by atoms with Gasteiger partial charge in [0, 0.05) is 38.2 Å². The van der Waals surface area contributed by atoms with E-state index in [1.54, 1.807) is 14.2 Å². The monoisotopic (exact) mass is 450 g/mol. The smallest absolute Gasteiger partial charge is 0.119 e. The van der Waals surface area contributed by atoms with Gasteiger partial charge in [0.2, 0.25) is 0 Å². The molecule has 3 aromatic rings. The third-order valence-electron chi connectivity index (χ3n) is 6.11. The normalized spacial score (nSPS) is 17.2. The maximum Gasteiger partial charge on any atom is 0.119 e. The summed E-state index contributed by atoms with van der Waals surface area (Å²) in [5.41, 5.74) is 1.41. The molecule has 0 bridgehead atoms. The van der Waals surface area contributed by atoms with E-state index < -0.39 is 0 Å². The molecule has 0 aliphatic carbocycles. The van der Waals surface area contributed by atoms with Crippen molar-refractivity contribution in [1.29, 1.82) is 0 Å². The number of piperidine rings is 1. The molecule has 3 aromatic carbocycles. The van der Waals surface area contributed by atoms with Crippen LogP contribution in [0.1, 0.15) is 18.4 Å². The zero-order chi connectivity index (χ0) is 22.2. The molecule has 5 heteroatoms. The zero-order valence-electron chi connectivity index (χ0n) is 19.2. The van der Waals surface area contributed by atoms with Gasteiger partial charge in [-0.15, -0.1) is 0 Å². The van der Waals surface area contributed by atoms with E-state index in [1.165, 1.54) is 40.6 Å². The van der Waals surface area contributed by atoms with Crippen molar-refractivity contribution in [1.82, 2.24) is 9.21 Å². The quantitative estimate of drug-likeness (QED) is 0.368. The van der Waals surface area contributed by atoms with Crippen LogP contribution < -0.4 is 4.74 Å². The number of hydrogen-bond acceptors (Lipinski definition) is 5. The highest BCUT2D eigenvalue weighted by atomic mass is 32.2. The minimum absolute atomic E-state index is 0.678. The van der Waals surface area contributed by atoms with Crippen LogP contribution in [-0.4, -0.2) is 56.2 Å². The lowest BCUT2D eigenvalue weighted by molar-refractivity contribution is 0.139. The molecule has 0 spiro atoms. The lowest BCUT2D eigenvalue weighted by atomic mass is 9.97. The van der Waals surface area contributed by atoms with E-state index >= 15 is 0 Å². The van der Waals surface area contributed by atoms with Gasteiger partial charge in [0.1, 0.15) is 5.75 Å². The maximum absolute atomic E-state index is 5.42. The lowest BCUT2D eigenvalue weighted by Gasteiger charge is -2.35. The molecule has 1 heterocycles. The topological polar surface area (TPSA) is 24.9 Å². The van der Waals surface area contributed by atoms with Crippen LogP contribution >= 0.6 is 11.9 Å². The SMILES string of the molecule is COCCN(CC1CCCN(Cc2ccccc2)C1)Sc1ccc2ccc(OC)cc2c1. The van der Waals surface area contributed by atoms with Crippen LogP contribution in [0.2, 0.25) is 0 Å². The Labute approximate surface area is 196 Å². The van der Waals surface area contributed by atoms with E-state index in [0.717, 1.165) is 38.5 Å². The molecule has 1 aliphatic rings. The average molecular weight is 451 g/mol. The molecule has 0 aromatic heterocycles. The first kappa shape index (κ1) is 23.1. The summed E-state index contributed by atoms with van der Waals surface area (Å²) < 4.78 is 13.3. The Hall–Kier alpha value is -2.05. The number of benzene rings is 3. The van der Waals surface area contributed by atoms with Gasteiger partial charge in [-0.25, -0.2) is 4.31 Å². The van der Waals surface area contributed by atoms with Crippen molar-refractivity contribution in [3.8, 4) is 5.75 Å². The molecule has 0 amide bonds. The molecule has 32 heavy (non-hydrogen) atoms. The fourth-order valence-electron chi connectivity index (χ4n) is 4.48. The van der Waals surface area contributed by atoms with Gasteiger partial charge >= 0.3 is 0 Å². The average Bonchev–Trinajstić information content (AvgIpc) is 2.83. The number of nitrogens with zero attached hydrogens (tertiary/aromatic N) is 2. The van der Waals surface area contributed by atoms with Crippen LogP contribution in [-0.2, 0) is 11.3 Å². The second kappa shape index (κ2) is 11.7. The summed E-state index contributed by atoms with van der Waals surface area (Å²) >= 11 is 1.85. The Bertz CT molecular complexity index is 982. The first-order chi connectivity index (χ1) is 15.7. The number of fused-ring (bicyclic) bond motifs is 1. The largest absolute Gasteiger partial charge is 0.497 e. The van der Waals surface area contributed by atoms with Gasteiger partial charge in [0.15, 0.2) is 0 Å². The molecule has 1 fully saturated rings. The Morgan fingerprint density at radius 3 is 2.66 bits per heavy atom. The molecule has 1 atom stereocenters. The summed E-state index contributed by atoms with van der Waals surface area (Å²) in [4.78, 5) is 3.88. The molecular formula is C27H34N2O2S. The highest BCUT2D eigenvalue weighted by Gasteiger charge is 2.23. The molecule has 0 N–H and O–H groups in total. The van der Waals surface area contributed by atoms with Gasteiger partial charge in [-0.05, 0) is 77.9 Å². The number of rotatable bonds is 10. The molecule has 1 aliphatic heterocycles. The predicted octanol–water partition coefficient (Wildman–Crippen LogP) is 5.72. The van der Waals surface area contributed by atoms with Crippen LogP contribution in [0.4, 0.5) is 0 Å². The Kier molecular flexibility index (Phi) is 8.46. The summed E-state index contributed by atoms with van der Waals surface area (Å²) in [6.07, 6.45) is 2.57. The van der Waals surface area contributed by atoms with E-state index in [0.29, 0.717) is 5.92 Å². The fraction of sp³-hybridized carbons (Fsp3) is 0.407. The Morgan fingerprint density at radius 2 is 1.84 bits per heavy atom. The molecule has 1 unspecified atom stereocenters. The van der Waals surface area contributed by atoms with Crippen molar-refractivity contribution in [2.45, 2.75) is 24.3 Å². The van der Waals surface area contributed by atoms with Gasteiger partial charge in [-0.2, -0.15) is 0 Å². The van der Waals surface area contributed by atoms with E-state index in [1.807, 2.05) is 18.0 Å². The third kappa shape index (κ3) is 6.48. The van der Waals surface area contributed by atoms with Gasteiger partial charge in [-0.1, -0.05) is 42.5 Å². The van der Waals surface area contributed by atoms with Crippen molar-refractivity contribution in [2.75, 3.05) is 47.0 Å². The predicted molar refractivity (Wildman–Crippen MR) is 134 cm³/mol. The first-order valence-corrected chi connectivity index (χ1v) is 12.3. The zero-order valence-corrected chi connectivity index (χ0v) is 20.0. The van der Waals surface area contributed by atoms with Crippen molar-refractivity contribution in [3.63, 3.8) is 0 Å². The third-order valence-corrected chi connectivity index (χ3v) is 7.17. The Balaban J connectivity index is 1.41. The first-order valence-electron chi connectivity index (χ1n) is 11.5. The second-order valence-electron chi connectivity index (χ2n) is 8.58. The van der Waals surface area contributed by atoms with E-state index in [4.69, 9.17) is 9.47 Å².